The number of aliphatic hydroxyl groups is 1. The van der Waals surface area contributed by atoms with E-state index in [4.69, 9.17) is 5.11 Å². The zero-order valence-corrected chi connectivity index (χ0v) is 11.1. The second kappa shape index (κ2) is 6.93. The van der Waals surface area contributed by atoms with Gasteiger partial charge in [0.2, 0.25) is 0 Å². The number of carbonyl (C=O) groups excluding carboxylic acids is 1. The van der Waals surface area contributed by atoms with Gasteiger partial charge in [0, 0.05) is 23.4 Å². The van der Waals surface area contributed by atoms with E-state index in [0.29, 0.717) is 18.0 Å². The lowest BCUT2D eigenvalue weighted by molar-refractivity contribution is 0.0724. The third-order valence-corrected chi connectivity index (χ3v) is 3.59. The molecule has 1 rings (SSSR count). The van der Waals surface area contributed by atoms with Crippen molar-refractivity contribution in [3.63, 3.8) is 0 Å². The van der Waals surface area contributed by atoms with Gasteiger partial charge in [-0.15, -0.1) is 24.0 Å². The van der Waals surface area contributed by atoms with Crippen LogP contribution in [0.3, 0.4) is 0 Å². The largest absolute Gasteiger partial charge is 0.395 e. The fourth-order valence-electron chi connectivity index (χ4n) is 1.38. The van der Waals surface area contributed by atoms with Gasteiger partial charge in [0.15, 0.2) is 0 Å². The molecule has 1 amide bonds. The summed E-state index contributed by atoms with van der Waals surface area (Å²) in [6.45, 7) is 3.20. The van der Waals surface area contributed by atoms with Crippen molar-refractivity contribution >= 4 is 29.9 Å². The van der Waals surface area contributed by atoms with E-state index in [1.54, 1.807) is 11.0 Å². The lowest BCUT2D eigenvalue weighted by Crippen LogP contribution is -2.33. The molecule has 0 fully saturated rings. The molecule has 1 heterocycles. The molecule has 3 nitrogen and oxygen atoms in total. The van der Waals surface area contributed by atoms with Crippen LogP contribution in [0.5, 0.6) is 0 Å². The maximum atomic E-state index is 12.0. The Bertz CT molecular complexity index is 338. The van der Waals surface area contributed by atoms with Gasteiger partial charge in [0.25, 0.3) is 5.91 Å². The summed E-state index contributed by atoms with van der Waals surface area (Å²) < 4.78 is 0. The molecule has 5 heteroatoms. The number of amides is 1. The number of rotatable bonds is 6. The molecule has 16 heavy (non-hydrogen) atoms. The van der Waals surface area contributed by atoms with Gasteiger partial charge in [-0.05, 0) is 12.5 Å². The third kappa shape index (κ3) is 3.81. The van der Waals surface area contributed by atoms with Crippen molar-refractivity contribution < 1.29 is 9.90 Å². The predicted octanol–water partition coefficient (Wildman–Crippen LogP) is 2.27. The average Bonchev–Trinajstić information content (AvgIpc) is 2.70. The Morgan fingerprint density at radius 1 is 1.56 bits per heavy atom. The van der Waals surface area contributed by atoms with Crippen LogP contribution in [0.2, 0.25) is 0 Å². The van der Waals surface area contributed by atoms with Crippen LogP contribution in [0.15, 0.2) is 16.3 Å². The van der Waals surface area contributed by atoms with E-state index in [2.05, 4.69) is 19.6 Å². The van der Waals surface area contributed by atoms with Crippen LogP contribution in [0.25, 0.3) is 0 Å². The molecule has 0 radical (unpaired) electrons. The first-order chi connectivity index (χ1) is 7.69. The van der Waals surface area contributed by atoms with Crippen molar-refractivity contribution in [2.75, 3.05) is 19.7 Å². The summed E-state index contributed by atoms with van der Waals surface area (Å²) >= 11 is 5.58. The highest BCUT2D eigenvalue weighted by molar-refractivity contribution is 7.80. The van der Waals surface area contributed by atoms with Crippen LogP contribution in [-0.2, 0) is 0 Å². The highest BCUT2D eigenvalue weighted by Gasteiger charge is 2.16. The van der Waals surface area contributed by atoms with E-state index in [1.165, 1.54) is 11.3 Å². The van der Waals surface area contributed by atoms with Crippen molar-refractivity contribution in [3.8, 4) is 0 Å². The SMILES string of the molecule is CCCCN(CCO)C(=O)c1cc(S)cs1. The molecule has 1 aromatic rings. The van der Waals surface area contributed by atoms with Gasteiger partial charge < -0.3 is 10.0 Å². The van der Waals surface area contributed by atoms with E-state index in [9.17, 15) is 4.79 Å². The average molecular weight is 259 g/mol. The maximum absolute atomic E-state index is 12.0. The summed E-state index contributed by atoms with van der Waals surface area (Å²) in [4.78, 5) is 15.2. The normalized spacial score (nSPS) is 10.4. The number of unbranched alkanes of at least 4 members (excludes halogenated alkanes) is 1. The molecule has 0 unspecified atom stereocenters. The van der Waals surface area contributed by atoms with E-state index < -0.39 is 0 Å². The topological polar surface area (TPSA) is 40.5 Å². The third-order valence-electron chi connectivity index (χ3n) is 2.24. The van der Waals surface area contributed by atoms with Crippen molar-refractivity contribution in [1.29, 1.82) is 0 Å². The molecule has 0 aromatic carbocycles. The van der Waals surface area contributed by atoms with Gasteiger partial charge >= 0.3 is 0 Å². The van der Waals surface area contributed by atoms with Gasteiger partial charge in [-0.3, -0.25) is 4.79 Å². The zero-order valence-electron chi connectivity index (χ0n) is 9.35. The van der Waals surface area contributed by atoms with Crippen LogP contribution in [-0.4, -0.2) is 35.6 Å². The first-order valence-corrected chi connectivity index (χ1v) is 6.69. The van der Waals surface area contributed by atoms with Crippen LogP contribution < -0.4 is 0 Å². The molecule has 0 aliphatic rings. The molecular weight excluding hydrogens is 242 g/mol. The van der Waals surface area contributed by atoms with Crippen LogP contribution in [0.1, 0.15) is 29.4 Å². The number of carbonyl (C=O) groups is 1. The monoisotopic (exact) mass is 259 g/mol. The zero-order chi connectivity index (χ0) is 12.0. The molecule has 0 bridgehead atoms. The van der Waals surface area contributed by atoms with Crippen molar-refractivity contribution in [1.82, 2.24) is 4.90 Å². The number of nitrogens with zero attached hydrogens (tertiary/aromatic N) is 1. The van der Waals surface area contributed by atoms with Gasteiger partial charge in [-0.25, -0.2) is 0 Å². The highest BCUT2D eigenvalue weighted by Crippen LogP contribution is 2.19. The van der Waals surface area contributed by atoms with Crippen LogP contribution in [0.4, 0.5) is 0 Å². The summed E-state index contributed by atoms with van der Waals surface area (Å²) in [5, 5.41) is 10.8. The van der Waals surface area contributed by atoms with E-state index in [-0.39, 0.29) is 12.5 Å². The van der Waals surface area contributed by atoms with Gasteiger partial charge in [-0.1, -0.05) is 13.3 Å². The number of hydrogen-bond donors (Lipinski definition) is 2. The van der Waals surface area contributed by atoms with Crippen molar-refractivity contribution in [2.45, 2.75) is 24.7 Å². The Hall–Kier alpha value is -0.520. The molecule has 0 saturated heterocycles. The van der Waals surface area contributed by atoms with Crippen molar-refractivity contribution in [3.05, 3.63) is 16.3 Å². The lowest BCUT2D eigenvalue weighted by Gasteiger charge is -2.20. The van der Waals surface area contributed by atoms with Gasteiger partial charge in [0.05, 0.1) is 11.5 Å². The second-order valence-electron chi connectivity index (χ2n) is 3.54. The minimum atomic E-state index is -0.00667. The van der Waals surface area contributed by atoms with Crippen LogP contribution >= 0.6 is 24.0 Å². The Kier molecular flexibility index (Phi) is 5.87. The summed E-state index contributed by atoms with van der Waals surface area (Å²) in [6.07, 6.45) is 2.00. The summed E-state index contributed by atoms with van der Waals surface area (Å²) in [5.41, 5.74) is 0. The molecule has 0 spiro atoms. The molecule has 0 aliphatic heterocycles. The molecule has 0 saturated carbocycles. The molecule has 1 aromatic heterocycles. The Balaban J connectivity index is 2.66. The highest BCUT2D eigenvalue weighted by atomic mass is 32.1. The molecule has 90 valence electrons. The maximum Gasteiger partial charge on any atom is 0.264 e. The molecule has 1 N–H and O–H groups in total. The first-order valence-electron chi connectivity index (χ1n) is 5.36. The number of aliphatic hydroxyl groups excluding tert-OH is 1. The predicted molar refractivity (Wildman–Crippen MR) is 69.5 cm³/mol. The molecular formula is C11H17NO2S2. The summed E-state index contributed by atoms with van der Waals surface area (Å²) in [7, 11) is 0. The quantitative estimate of drug-likeness (QED) is 0.769. The summed E-state index contributed by atoms with van der Waals surface area (Å²) in [6, 6.07) is 1.77. The van der Waals surface area contributed by atoms with E-state index >= 15 is 0 Å². The fraction of sp³-hybridized carbons (Fsp3) is 0.545. The van der Waals surface area contributed by atoms with Gasteiger partial charge in [-0.2, -0.15) is 0 Å². The second-order valence-corrected chi connectivity index (χ2v) is 4.97. The molecule has 0 aliphatic carbocycles. The number of thiol groups is 1. The van der Waals surface area contributed by atoms with Gasteiger partial charge in [0.1, 0.15) is 0 Å². The summed E-state index contributed by atoms with van der Waals surface area (Å²) in [5.74, 6) is -0.00667. The Morgan fingerprint density at radius 2 is 2.31 bits per heavy atom. The minimum Gasteiger partial charge on any atom is -0.395 e. The number of hydrogen-bond acceptors (Lipinski definition) is 4. The lowest BCUT2D eigenvalue weighted by atomic mass is 10.3. The minimum absolute atomic E-state index is 0.00667. The smallest absolute Gasteiger partial charge is 0.264 e. The fourth-order valence-corrected chi connectivity index (χ4v) is 2.49. The first kappa shape index (κ1) is 13.5. The standard InChI is InChI=1S/C11H17NO2S2/c1-2-3-4-12(5-6-13)11(14)10-7-9(15)8-16-10/h7-8,13,15H,2-6H2,1H3. The number of thiophene rings is 1. The Morgan fingerprint density at radius 3 is 2.81 bits per heavy atom. The van der Waals surface area contributed by atoms with Crippen molar-refractivity contribution in [2.24, 2.45) is 0 Å². The van der Waals surface area contributed by atoms with Crippen LogP contribution in [0, 0.1) is 0 Å². The Labute approximate surface area is 105 Å². The molecule has 0 atom stereocenters. The van der Waals surface area contributed by atoms with E-state index in [0.717, 1.165) is 17.7 Å². The van der Waals surface area contributed by atoms with E-state index in [1.807, 2.05) is 5.38 Å².